The van der Waals surface area contributed by atoms with Crippen LogP contribution >= 0.6 is 0 Å². The maximum Gasteiger partial charge on any atom is 0.291 e. The molecule has 1 aromatic heterocycles. The van der Waals surface area contributed by atoms with Crippen molar-refractivity contribution in [2.75, 3.05) is 43.4 Å². The number of benzene rings is 2. The predicted molar refractivity (Wildman–Crippen MR) is 115 cm³/mol. The highest BCUT2D eigenvalue weighted by molar-refractivity contribution is 6.02. The zero-order chi connectivity index (χ0) is 21.1. The van der Waals surface area contributed by atoms with Crippen LogP contribution in [0.25, 0.3) is 11.3 Å². The van der Waals surface area contributed by atoms with Gasteiger partial charge in [0.2, 0.25) is 0 Å². The highest BCUT2D eigenvalue weighted by Gasteiger charge is 2.16. The summed E-state index contributed by atoms with van der Waals surface area (Å²) in [6.45, 7) is 4.04. The Bertz CT molecular complexity index is 1040. The van der Waals surface area contributed by atoms with E-state index in [0.29, 0.717) is 17.0 Å². The van der Waals surface area contributed by atoms with E-state index in [1.54, 1.807) is 24.3 Å². The van der Waals surface area contributed by atoms with Crippen molar-refractivity contribution in [2.45, 2.75) is 0 Å². The molecule has 0 saturated carbocycles. The first kappa shape index (κ1) is 19.7. The first-order valence-corrected chi connectivity index (χ1v) is 9.69. The van der Waals surface area contributed by atoms with Gasteiger partial charge in [-0.1, -0.05) is 0 Å². The number of hydrogen-bond donors (Lipinski definition) is 1. The number of rotatable bonds is 5. The van der Waals surface area contributed by atoms with Gasteiger partial charge in [0.05, 0.1) is 4.92 Å². The van der Waals surface area contributed by atoms with Crippen molar-refractivity contribution >= 4 is 23.0 Å². The van der Waals surface area contributed by atoms with E-state index in [-0.39, 0.29) is 17.4 Å². The van der Waals surface area contributed by atoms with Gasteiger partial charge in [-0.25, -0.2) is 0 Å². The van der Waals surface area contributed by atoms with Crippen LogP contribution in [0.1, 0.15) is 10.6 Å². The molecule has 0 spiro atoms. The fourth-order valence-corrected chi connectivity index (χ4v) is 3.38. The molecule has 3 aromatic rings. The Morgan fingerprint density at radius 3 is 2.27 bits per heavy atom. The summed E-state index contributed by atoms with van der Waals surface area (Å²) in [6.07, 6.45) is 0. The second-order valence-corrected chi connectivity index (χ2v) is 7.26. The largest absolute Gasteiger partial charge is 0.451 e. The molecule has 1 saturated heterocycles. The smallest absolute Gasteiger partial charge is 0.291 e. The zero-order valence-corrected chi connectivity index (χ0v) is 16.6. The molecule has 1 aliphatic heterocycles. The quantitative estimate of drug-likeness (QED) is 0.511. The monoisotopic (exact) mass is 406 g/mol. The van der Waals surface area contributed by atoms with Crippen LogP contribution in [0.15, 0.2) is 65.1 Å². The number of non-ortho nitro benzene ring substituents is 1. The molecule has 154 valence electrons. The molecule has 2 aromatic carbocycles. The number of nitro groups is 1. The average molecular weight is 406 g/mol. The van der Waals surface area contributed by atoms with Crippen molar-refractivity contribution in [2.24, 2.45) is 0 Å². The number of anilines is 2. The summed E-state index contributed by atoms with van der Waals surface area (Å²) in [5.41, 5.74) is 2.49. The molecule has 0 aliphatic carbocycles. The molecule has 1 aliphatic rings. The molecule has 30 heavy (non-hydrogen) atoms. The fourth-order valence-electron chi connectivity index (χ4n) is 3.38. The van der Waals surface area contributed by atoms with Crippen LogP contribution < -0.4 is 10.2 Å². The van der Waals surface area contributed by atoms with Crippen molar-refractivity contribution in [3.63, 3.8) is 0 Å². The lowest BCUT2D eigenvalue weighted by Crippen LogP contribution is -2.44. The number of nitrogens with zero attached hydrogens (tertiary/aromatic N) is 3. The molecule has 0 radical (unpaired) electrons. The Balaban J connectivity index is 1.40. The van der Waals surface area contributed by atoms with Crippen LogP contribution in [0, 0.1) is 10.1 Å². The molecule has 4 rings (SSSR count). The van der Waals surface area contributed by atoms with Gasteiger partial charge in [0.25, 0.3) is 11.6 Å². The van der Waals surface area contributed by atoms with Gasteiger partial charge in [-0.15, -0.1) is 0 Å². The Labute approximate surface area is 173 Å². The SMILES string of the molecule is CN1CCN(c2ccc(NC(=O)c3ccc(-c4ccc([N+](=O)[O-])cc4)o3)cc2)CC1. The minimum absolute atomic E-state index is 0.00305. The summed E-state index contributed by atoms with van der Waals surface area (Å²) >= 11 is 0. The molecule has 0 unspecified atom stereocenters. The third-order valence-electron chi connectivity index (χ3n) is 5.19. The van der Waals surface area contributed by atoms with Crippen LogP contribution in [0.4, 0.5) is 17.1 Å². The highest BCUT2D eigenvalue weighted by atomic mass is 16.6. The van der Waals surface area contributed by atoms with Gasteiger partial charge in [-0.2, -0.15) is 0 Å². The number of likely N-dealkylation sites (N-methyl/N-ethyl adjacent to an activating group) is 1. The van der Waals surface area contributed by atoms with E-state index >= 15 is 0 Å². The molecular weight excluding hydrogens is 384 g/mol. The zero-order valence-electron chi connectivity index (χ0n) is 16.6. The summed E-state index contributed by atoms with van der Waals surface area (Å²) in [5.74, 6) is 0.294. The summed E-state index contributed by atoms with van der Waals surface area (Å²) in [7, 11) is 2.12. The topological polar surface area (TPSA) is 91.9 Å². The number of amides is 1. The molecule has 8 heteroatoms. The van der Waals surface area contributed by atoms with Gasteiger partial charge < -0.3 is 19.5 Å². The second kappa shape index (κ2) is 8.38. The molecule has 0 atom stereocenters. The summed E-state index contributed by atoms with van der Waals surface area (Å²) in [6, 6.07) is 17.0. The minimum atomic E-state index is -0.459. The number of hydrogen-bond acceptors (Lipinski definition) is 6. The van der Waals surface area contributed by atoms with Crippen LogP contribution in [0.3, 0.4) is 0 Å². The second-order valence-electron chi connectivity index (χ2n) is 7.26. The van der Waals surface area contributed by atoms with Gasteiger partial charge in [0.15, 0.2) is 5.76 Å². The Hall–Kier alpha value is -3.65. The predicted octanol–water partition coefficient (Wildman–Crippen LogP) is 3.86. The lowest BCUT2D eigenvalue weighted by molar-refractivity contribution is -0.384. The molecule has 0 bridgehead atoms. The van der Waals surface area contributed by atoms with E-state index in [0.717, 1.165) is 31.9 Å². The third kappa shape index (κ3) is 4.33. The molecule has 1 fully saturated rings. The highest BCUT2D eigenvalue weighted by Crippen LogP contribution is 2.25. The van der Waals surface area contributed by atoms with Crippen molar-refractivity contribution in [3.8, 4) is 11.3 Å². The third-order valence-corrected chi connectivity index (χ3v) is 5.19. The minimum Gasteiger partial charge on any atom is -0.451 e. The van der Waals surface area contributed by atoms with Gasteiger partial charge in [0.1, 0.15) is 5.76 Å². The average Bonchev–Trinajstić information content (AvgIpc) is 3.25. The lowest BCUT2D eigenvalue weighted by atomic mass is 10.1. The molecule has 1 N–H and O–H groups in total. The lowest BCUT2D eigenvalue weighted by Gasteiger charge is -2.34. The number of carbonyl (C=O) groups is 1. The van der Waals surface area contributed by atoms with Gasteiger partial charge in [-0.05, 0) is 55.6 Å². The Morgan fingerprint density at radius 1 is 0.967 bits per heavy atom. The van der Waals surface area contributed by atoms with Crippen LogP contribution in [0.2, 0.25) is 0 Å². The van der Waals surface area contributed by atoms with E-state index in [4.69, 9.17) is 4.42 Å². The van der Waals surface area contributed by atoms with E-state index in [1.165, 1.54) is 12.1 Å². The summed E-state index contributed by atoms with van der Waals surface area (Å²) in [4.78, 5) is 27.5. The molecule has 8 nitrogen and oxygen atoms in total. The fraction of sp³-hybridized carbons (Fsp3) is 0.227. The first-order chi connectivity index (χ1) is 14.5. The maximum atomic E-state index is 12.5. The summed E-state index contributed by atoms with van der Waals surface area (Å²) < 4.78 is 5.64. The molecule has 2 heterocycles. The Morgan fingerprint density at radius 2 is 1.63 bits per heavy atom. The van der Waals surface area contributed by atoms with E-state index in [9.17, 15) is 14.9 Å². The van der Waals surface area contributed by atoms with E-state index < -0.39 is 4.92 Å². The van der Waals surface area contributed by atoms with E-state index in [2.05, 4.69) is 22.2 Å². The van der Waals surface area contributed by atoms with Gasteiger partial charge in [0, 0.05) is 55.2 Å². The number of piperazine rings is 1. The summed E-state index contributed by atoms with van der Waals surface area (Å²) in [5, 5.41) is 13.6. The maximum absolute atomic E-state index is 12.5. The number of furan rings is 1. The van der Waals surface area contributed by atoms with Crippen LogP contribution in [-0.2, 0) is 0 Å². The standard InChI is InChI=1S/C22H22N4O4/c1-24-12-14-25(15-13-24)18-8-4-17(5-9-18)23-22(27)21-11-10-20(30-21)16-2-6-19(7-3-16)26(28)29/h2-11H,12-15H2,1H3,(H,23,27). The van der Waals surface area contributed by atoms with Gasteiger partial charge in [-0.3, -0.25) is 14.9 Å². The molecule has 1 amide bonds. The van der Waals surface area contributed by atoms with Crippen molar-refractivity contribution in [1.82, 2.24) is 4.90 Å². The first-order valence-electron chi connectivity index (χ1n) is 9.69. The van der Waals surface area contributed by atoms with Crippen molar-refractivity contribution < 1.29 is 14.1 Å². The van der Waals surface area contributed by atoms with Crippen molar-refractivity contribution in [1.29, 1.82) is 0 Å². The van der Waals surface area contributed by atoms with Gasteiger partial charge >= 0.3 is 0 Å². The Kier molecular flexibility index (Phi) is 5.49. The molecular formula is C22H22N4O4. The van der Waals surface area contributed by atoms with E-state index in [1.807, 2.05) is 24.3 Å². The number of nitrogens with one attached hydrogen (secondary N) is 1. The number of carbonyl (C=O) groups excluding carboxylic acids is 1. The van der Waals surface area contributed by atoms with Crippen molar-refractivity contribution in [3.05, 3.63) is 76.5 Å². The van der Waals surface area contributed by atoms with Crippen LogP contribution in [-0.4, -0.2) is 49.0 Å². The van der Waals surface area contributed by atoms with Crippen LogP contribution in [0.5, 0.6) is 0 Å². The number of nitro benzene ring substituents is 1. The normalized spacial score (nSPS) is 14.5.